The molecule has 0 bridgehead atoms. The Morgan fingerprint density at radius 2 is 2.00 bits per heavy atom. The number of aliphatic hydroxyl groups is 1. The first-order valence-corrected chi connectivity index (χ1v) is 6.00. The Hall–Kier alpha value is -0.560. The Morgan fingerprint density at radius 1 is 1.40 bits per heavy atom. The molecule has 0 spiro atoms. The molecule has 0 radical (unpaired) electrons. The summed E-state index contributed by atoms with van der Waals surface area (Å²) in [6, 6.07) is 0. The van der Waals surface area contributed by atoms with Crippen molar-refractivity contribution in [1.82, 2.24) is 0 Å². The van der Waals surface area contributed by atoms with Gasteiger partial charge < -0.3 is 5.11 Å². The summed E-state index contributed by atoms with van der Waals surface area (Å²) in [7, 11) is 0. The highest BCUT2D eigenvalue weighted by atomic mass is 16.3. The number of hydrogen-bond donors (Lipinski definition) is 1. The zero-order chi connectivity index (χ0) is 11.8. The van der Waals surface area contributed by atoms with Gasteiger partial charge in [-0.25, -0.2) is 0 Å². The van der Waals surface area contributed by atoms with Crippen LogP contribution in [0.5, 0.6) is 0 Å². The molecule has 88 valence electrons. The smallest absolute Gasteiger partial charge is 0.0770 e. The van der Waals surface area contributed by atoms with Crippen molar-refractivity contribution >= 4 is 0 Å². The van der Waals surface area contributed by atoms with Crippen molar-refractivity contribution in [2.24, 2.45) is 11.8 Å². The van der Waals surface area contributed by atoms with Crippen LogP contribution in [0, 0.1) is 11.8 Å². The Morgan fingerprint density at radius 3 is 2.40 bits per heavy atom. The number of hydrogen-bond acceptors (Lipinski definition) is 1. The average molecular weight is 210 g/mol. The van der Waals surface area contributed by atoms with Crippen LogP contribution in [-0.4, -0.2) is 11.2 Å². The maximum absolute atomic E-state index is 9.79. The number of allylic oxidation sites excluding steroid dienone is 2. The summed E-state index contributed by atoms with van der Waals surface area (Å²) >= 11 is 0. The van der Waals surface area contributed by atoms with Crippen molar-refractivity contribution in [2.75, 3.05) is 0 Å². The zero-order valence-corrected chi connectivity index (χ0v) is 10.7. The van der Waals surface area contributed by atoms with Gasteiger partial charge in [0.25, 0.3) is 0 Å². The first kappa shape index (κ1) is 14.4. The molecule has 0 aromatic rings. The molecular formula is C14H26O. The van der Waals surface area contributed by atoms with Gasteiger partial charge in [0.1, 0.15) is 0 Å². The highest BCUT2D eigenvalue weighted by Gasteiger charge is 2.10. The lowest BCUT2D eigenvalue weighted by Crippen LogP contribution is -2.15. The average Bonchev–Trinajstić information content (AvgIpc) is 2.22. The lowest BCUT2D eigenvalue weighted by atomic mass is 9.96. The van der Waals surface area contributed by atoms with Gasteiger partial charge in [0.2, 0.25) is 0 Å². The fourth-order valence-electron chi connectivity index (χ4n) is 1.66. The van der Waals surface area contributed by atoms with Gasteiger partial charge in [-0.1, -0.05) is 32.9 Å². The molecule has 1 nitrogen and oxygen atoms in total. The third-order valence-corrected chi connectivity index (χ3v) is 2.96. The molecule has 0 aromatic heterocycles. The van der Waals surface area contributed by atoms with E-state index in [2.05, 4.69) is 19.6 Å². The lowest BCUT2D eigenvalue weighted by Gasteiger charge is -2.15. The Bertz CT molecular complexity index is 203. The Labute approximate surface area is 94.9 Å². The summed E-state index contributed by atoms with van der Waals surface area (Å²) in [6.45, 7) is 12.1. The van der Waals surface area contributed by atoms with E-state index in [4.69, 9.17) is 0 Å². The molecule has 1 heteroatoms. The molecule has 0 fully saturated rings. The maximum atomic E-state index is 9.79. The second kappa shape index (κ2) is 7.70. The molecule has 0 aromatic carbocycles. The largest absolute Gasteiger partial charge is 0.389 e. The summed E-state index contributed by atoms with van der Waals surface area (Å²) < 4.78 is 0. The van der Waals surface area contributed by atoms with E-state index in [-0.39, 0.29) is 6.10 Å². The molecule has 0 aliphatic heterocycles. The van der Waals surface area contributed by atoms with Crippen LogP contribution >= 0.6 is 0 Å². The number of aliphatic hydroxyl groups excluding tert-OH is 1. The van der Waals surface area contributed by atoms with E-state index in [1.807, 2.05) is 26.8 Å². The van der Waals surface area contributed by atoms with Crippen LogP contribution in [0.1, 0.15) is 47.0 Å². The van der Waals surface area contributed by atoms with Crippen LogP contribution in [-0.2, 0) is 0 Å². The van der Waals surface area contributed by atoms with Crippen molar-refractivity contribution in [3.63, 3.8) is 0 Å². The van der Waals surface area contributed by atoms with E-state index >= 15 is 0 Å². The van der Waals surface area contributed by atoms with Gasteiger partial charge in [0.05, 0.1) is 6.10 Å². The van der Waals surface area contributed by atoms with Crippen molar-refractivity contribution < 1.29 is 5.11 Å². The van der Waals surface area contributed by atoms with Gasteiger partial charge >= 0.3 is 0 Å². The molecule has 0 saturated carbocycles. The molecule has 0 unspecified atom stereocenters. The predicted octanol–water partition coefficient (Wildman–Crippen LogP) is 3.94. The molecule has 0 saturated heterocycles. The van der Waals surface area contributed by atoms with Crippen LogP contribution in [0.3, 0.4) is 0 Å². The van der Waals surface area contributed by atoms with Crippen LogP contribution in [0.4, 0.5) is 0 Å². The molecule has 2 atom stereocenters. The molecule has 0 rings (SSSR count). The maximum Gasteiger partial charge on any atom is 0.0770 e. The van der Waals surface area contributed by atoms with Crippen LogP contribution in [0.25, 0.3) is 0 Å². The molecule has 1 N–H and O–H groups in total. The van der Waals surface area contributed by atoms with Gasteiger partial charge in [-0.2, -0.15) is 0 Å². The highest BCUT2D eigenvalue weighted by Crippen LogP contribution is 2.16. The van der Waals surface area contributed by atoms with E-state index in [1.54, 1.807) is 0 Å². The summed E-state index contributed by atoms with van der Waals surface area (Å²) in [5.74, 6) is 0.924. The third-order valence-electron chi connectivity index (χ3n) is 2.96. The molecule has 0 heterocycles. The van der Waals surface area contributed by atoms with Crippen molar-refractivity contribution in [2.45, 2.75) is 53.1 Å². The summed E-state index contributed by atoms with van der Waals surface area (Å²) in [4.78, 5) is 0. The fraction of sp³-hybridized carbons (Fsp3) is 0.714. The second-order valence-corrected chi connectivity index (χ2v) is 4.62. The van der Waals surface area contributed by atoms with Crippen LogP contribution in [0.2, 0.25) is 0 Å². The predicted molar refractivity (Wildman–Crippen MR) is 67.8 cm³/mol. The monoisotopic (exact) mass is 210 g/mol. The van der Waals surface area contributed by atoms with Gasteiger partial charge in [0.15, 0.2) is 0 Å². The minimum Gasteiger partial charge on any atom is -0.389 e. The summed E-state index contributed by atoms with van der Waals surface area (Å²) in [5, 5.41) is 9.79. The normalized spacial score (nSPS) is 16.5. The SMILES string of the molecule is C=C[C@H](CC)CC/C=C(\C)[C@H](O)C(C)C. The van der Waals surface area contributed by atoms with Crippen LogP contribution in [0.15, 0.2) is 24.3 Å². The van der Waals surface area contributed by atoms with Crippen molar-refractivity contribution in [3.8, 4) is 0 Å². The number of rotatable bonds is 7. The van der Waals surface area contributed by atoms with E-state index in [0.717, 1.165) is 24.8 Å². The van der Waals surface area contributed by atoms with E-state index in [9.17, 15) is 5.11 Å². The quantitative estimate of drug-likeness (QED) is 0.631. The van der Waals surface area contributed by atoms with Crippen molar-refractivity contribution in [3.05, 3.63) is 24.3 Å². The summed E-state index contributed by atoms with van der Waals surface area (Å²) in [6.07, 6.45) is 7.25. The van der Waals surface area contributed by atoms with Gasteiger partial charge in [0, 0.05) is 0 Å². The highest BCUT2D eigenvalue weighted by molar-refractivity contribution is 5.05. The van der Waals surface area contributed by atoms with Crippen LogP contribution < -0.4 is 0 Å². The first-order valence-electron chi connectivity index (χ1n) is 6.00. The minimum atomic E-state index is -0.284. The van der Waals surface area contributed by atoms with Gasteiger partial charge in [-0.3, -0.25) is 0 Å². The minimum absolute atomic E-state index is 0.284. The Kier molecular flexibility index (Phi) is 7.41. The molecule has 0 aliphatic carbocycles. The molecular weight excluding hydrogens is 184 g/mol. The van der Waals surface area contributed by atoms with Gasteiger partial charge in [-0.05, 0) is 43.6 Å². The first-order chi connectivity index (χ1) is 7.02. The fourth-order valence-corrected chi connectivity index (χ4v) is 1.66. The van der Waals surface area contributed by atoms with E-state index < -0.39 is 0 Å². The molecule has 0 amide bonds. The van der Waals surface area contributed by atoms with E-state index in [1.165, 1.54) is 0 Å². The zero-order valence-electron chi connectivity index (χ0n) is 10.7. The standard InChI is InChI=1S/C14H26O/c1-6-13(7-2)10-8-9-12(5)14(15)11(3)4/h6,9,11,13-15H,1,7-8,10H2,2-5H3/b12-9+/t13-,14-/m1/s1. The lowest BCUT2D eigenvalue weighted by molar-refractivity contribution is 0.160. The van der Waals surface area contributed by atoms with Gasteiger partial charge in [-0.15, -0.1) is 6.58 Å². The third kappa shape index (κ3) is 5.78. The molecule has 15 heavy (non-hydrogen) atoms. The Balaban J connectivity index is 4.00. The summed E-state index contributed by atoms with van der Waals surface area (Å²) in [5.41, 5.74) is 1.10. The molecule has 0 aliphatic rings. The van der Waals surface area contributed by atoms with E-state index in [0.29, 0.717) is 11.8 Å². The topological polar surface area (TPSA) is 20.2 Å². The van der Waals surface area contributed by atoms with Crippen molar-refractivity contribution in [1.29, 1.82) is 0 Å². The second-order valence-electron chi connectivity index (χ2n) is 4.62.